The number of carbonyl (C=O) groups is 2. The molecule has 2 heterocycles. The molecule has 2 rings (SSSR count). The second-order valence-corrected chi connectivity index (χ2v) is 4.91. The van der Waals surface area contributed by atoms with Crippen molar-refractivity contribution in [3.8, 4) is 0 Å². The first-order valence-corrected chi connectivity index (χ1v) is 6.56. The third-order valence-corrected chi connectivity index (χ3v) is 3.88. The summed E-state index contributed by atoms with van der Waals surface area (Å²) in [5.74, 6) is 0.0283. The molecule has 0 spiro atoms. The molecule has 1 amide bonds. The van der Waals surface area contributed by atoms with Crippen molar-refractivity contribution in [2.45, 2.75) is 31.8 Å². The van der Waals surface area contributed by atoms with Crippen LogP contribution < -0.4 is 5.32 Å². The summed E-state index contributed by atoms with van der Waals surface area (Å²) < 4.78 is 4.68. The molecule has 5 heteroatoms. The van der Waals surface area contributed by atoms with E-state index in [1.807, 2.05) is 6.92 Å². The molecule has 0 unspecified atom stereocenters. The Morgan fingerprint density at radius 2 is 2.33 bits per heavy atom. The Balaban J connectivity index is 2.20. The van der Waals surface area contributed by atoms with Crippen molar-refractivity contribution >= 4 is 11.9 Å². The lowest BCUT2D eigenvalue weighted by Gasteiger charge is -2.28. The average molecular weight is 253 g/mol. The summed E-state index contributed by atoms with van der Waals surface area (Å²) in [5, 5.41) is 2.08. The van der Waals surface area contributed by atoms with Crippen LogP contribution in [-0.4, -0.2) is 49.1 Å². The number of rotatable bonds is 3. The van der Waals surface area contributed by atoms with Crippen LogP contribution in [0.4, 0.5) is 0 Å². The maximum Gasteiger partial charge on any atom is 0.325 e. The van der Waals surface area contributed by atoms with Gasteiger partial charge in [-0.25, -0.2) is 0 Å². The van der Waals surface area contributed by atoms with Crippen molar-refractivity contribution in [2.75, 3.05) is 20.2 Å². The van der Waals surface area contributed by atoms with Crippen LogP contribution in [-0.2, 0) is 14.3 Å². The molecule has 2 aliphatic heterocycles. The molecule has 0 aliphatic carbocycles. The van der Waals surface area contributed by atoms with Gasteiger partial charge in [-0.05, 0) is 6.42 Å². The summed E-state index contributed by atoms with van der Waals surface area (Å²) in [6.45, 7) is 3.06. The van der Waals surface area contributed by atoms with Crippen LogP contribution in [0.2, 0.25) is 0 Å². The predicted octanol–water partition coefficient (Wildman–Crippen LogP) is -0.712. The number of ether oxygens (including phenoxy) is 1. The van der Waals surface area contributed by atoms with Gasteiger partial charge in [-0.15, -0.1) is 0 Å². The third kappa shape index (κ3) is 2.41. The molecular formula is C13H21N2O3+. The molecule has 100 valence electrons. The van der Waals surface area contributed by atoms with E-state index < -0.39 is 0 Å². The number of quaternary nitrogens is 1. The summed E-state index contributed by atoms with van der Waals surface area (Å²) in [5.41, 5.74) is 0. The largest absolute Gasteiger partial charge is 0.468 e. The van der Waals surface area contributed by atoms with Gasteiger partial charge in [0.15, 0.2) is 6.04 Å². The van der Waals surface area contributed by atoms with Crippen molar-refractivity contribution in [1.82, 2.24) is 4.90 Å². The highest BCUT2D eigenvalue weighted by Crippen LogP contribution is 2.21. The average Bonchev–Trinajstić information content (AvgIpc) is 2.81. The maximum absolute atomic E-state index is 12.5. The van der Waals surface area contributed by atoms with E-state index in [1.54, 1.807) is 4.90 Å². The third-order valence-electron chi connectivity index (χ3n) is 3.88. The predicted molar refractivity (Wildman–Crippen MR) is 65.6 cm³/mol. The van der Waals surface area contributed by atoms with Crippen LogP contribution in [0.1, 0.15) is 19.8 Å². The first-order valence-electron chi connectivity index (χ1n) is 6.56. The zero-order valence-electron chi connectivity index (χ0n) is 11.0. The summed E-state index contributed by atoms with van der Waals surface area (Å²) in [4.78, 5) is 25.6. The molecule has 1 fully saturated rings. The second-order valence-electron chi connectivity index (χ2n) is 4.91. The van der Waals surface area contributed by atoms with Crippen LogP contribution in [0, 0.1) is 5.92 Å². The van der Waals surface area contributed by atoms with Gasteiger partial charge in [0, 0.05) is 12.3 Å². The van der Waals surface area contributed by atoms with Crippen LogP contribution in [0.3, 0.4) is 0 Å². The highest BCUT2D eigenvalue weighted by molar-refractivity contribution is 5.86. The molecule has 0 aromatic rings. The Labute approximate surface area is 107 Å². The minimum Gasteiger partial charge on any atom is -0.468 e. The molecule has 3 atom stereocenters. The summed E-state index contributed by atoms with van der Waals surface area (Å²) >= 11 is 0. The normalized spacial score (nSPS) is 31.1. The number of fused-ring (bicyclic) bond motifs is 1. The Bertz CT molecular complexity index is 367. The fourth-order valence-corrected chi connectivity index (χ4v) is 2.81. The Morgan fingerprint density at radius 3 is 3.00 bits per heavy atom. The van der Waals surface area contributed by atoms with E-state index in [-0.39, 0.29) is 30.5 Å². The van der Waals surface area contributed by atoms with E-state index in [9.17, 15) is 9.59 Å². The fourth-order valence-electron chi connectivity index (χ4n) is 2.81. The van der Waals surface area contributed by atoms with Gasteiger partial charge in [-0.1, -0.05) is 19.1 Å². The number of carbonyl (C=O) groups excluding carboxylic acids is 2. The van der Waals surface area contributed by atoms with Crippen LogP contribution >= 0.6 is 0 Å². The number of hydrogen-bond acceptors (Lipinski definition) is 3. The van der Waals surface area contributed by atoms with Gasteiger partial charge in [-0.2, -0.15) is 0 Å². The number of hydrogen-bond donors (Lipinski definition) is 1. The molecule has 0 bridgehead atoms. The molecular weight excluding hydrogens is 232 g/mol. The van der Waals surface area contributed by atoms with E-state index >= 15 is 0 Å². The number of methoxy groups -OCH3 is 1. The summed E-state index contributed by atoms with van der Waals surface area (Å²) in [6, 6.07) is -0.0435. The second kappa shape index (κ2) is 5.52. The van der Waals surface area contributed by atoms with Crippen molar-refractivity contribution in [3.05, 3.63) is 12.2 Å². The number of amides is 1. The van der Waals surface area contributed by atoms with Gasteiger partial charge in [-0.3, -0.25) is 9.59 Å². The first kappa shape index (κ1) is 13.1. The standard InChI is InChI=1S/C13H20N2O3/c1-3-10-5-4-9-6-7-14-12(9)13(17)15(10)8-11(16)18-2/h4-5,9-10,12,14H,3,6-8H2,1-2H3/p+1/t9-,10+,12-/m0/s1. The highest BCUT2D eigenvalue weighted by Gasteiger charge is 2.41. The Kier molecular flexibility index (Phi) is 4.01. The van der Waals surface area contributed by atoms with Gasteiger partial charge in [0.05, 0.1) is 19.7 Å². The fraction of sp³-hybridized carbons (Fsp3) is 0.692. The van der Waals surface area contributed by atoms with Gasteiger partial charge >= 0.3 is 5.97 Å². The van der Waals surface area contributed by atoms with Crippen LogP contribution in [0.15, 0.2) is 12.2 Å². The van der Waals surface area contributed by atoms with Crippen LogP contribution in [0.25, 0.3) is 0 Å². The van der Waals surface area contributed by atoms with E-state index in [0.29, 0.717) is 5.92 Å². The molecule has 0 aromatic carbocycles. The molecule has 2 aliphatic rings. The van der Waals surface area contributed by atoms with Gasteiger partial charge < -0.3 is 15.0 Å². The zero-order chi connectivity index (χ0) is 13.1. The lowest BCUT2D eigenvalue weighted by Crippen LogP contribution is -2.90. The highest BCUT2D eigenvalue weighted by atomic mass is 16.5. The Morgan fingerprint density at radius 1 is 1.56 bits per heavy atom. The van der Waals surface area contributed by atoms with Crippen molar-refractivity contribution < 1.29 is 19.6 Å². The van der Waals surface area contributed by atoms with Crippen molar-refractivity contribution in [3.63, 3.8) is 0 Å². The smallest absolute Gasteiger partial charge is 0.325 e. The summed E-state index contributed by atoms with van der Waals surface area (Å²) in [6.07, 6.45) is 6.08. The summed E-state index contributed by atoms with van der Waals surface area (Å²) in [7, 11) is 1.35. The minimum absolute atomic E-state index is 0.00981. The molecule has 2 N–H and O–H groups in total. The van der Waals surface area contributed by atoms with E-state index in [1.165, 1.54) is 7.11 Å². The van der Waals surface area contributed by atoms with E-state index in [0.717, 1.165) is 19.4 Å². The monoisotopic (exact) mass is 253 g/mol. The van der Waals surface area contributed by atoms with Gasteiger partial charge in [0.25, 0.3) is 5.91 Å². The number of nitrogens with zero attached hydrogens (tertiary/aromatic N) is 1. The first-order chi connectivity index (χ1) is 8.67. The molecule has 5 nitrogen and oxygen atoms in total. The van der Waals surface area contributed by atoms with E-state index in [4.69, 9.17) is 0 Å². The lowest BCUT2D eigenvalue weighted by molar-refractivity contribution is -0.660. The molecule has 0 saturated carbocycles. The SMILES string of the molecule is CC[C@@H]1C=C[C@H]2CC[NH2+][C@@H]2C(=O)N1CC(=O)OC. The zero-order valence-corrected chi connectivity index (χ0v) is 11.0. The topological polar surface area (TPSA) is 63.2 Å². The lowest BCUT2D eigenvalue weighted by atomic mass is 10.0. The number of nitrogens with two attached hydrogens (primary N) is 1. The minimum atomic E-state index is -0.355. The molecule has 0 radical (unpaired) electrons. The quantitative estimate of drug-likeness (QED) is 0.534. The van der Waals surface area contributed by atoms with Crippen molar-refractivity contribution in [1.29, 1.82) is 0 Å². The van der Waals surface area contributed by atoms with Crippen molar-refractivity contribution in [2.24, 2.45) is 5.92 Å². The maximum atomic E-state index is 12.5. The molecule has 0 aromatic heterocycles. The molecule has 1 saturated heterocycles. The van der Waals surface area contributed by atoms with Crippen LogP contribution in [0.5, 0.6) is 0 Å². The number of esters is 1. The van der Waals surface area contributed by atoms with Gasteiger partial charge in [0.2, 0.25) is 0 Å². The molecule has 18 heavy (non-hydrogen) atoms. The van der Waals surface area contributed by atoms with E-state index in [2.05, 4.69) is 22.2 Å². The van der Waals surface area contributed by atoms with Gasteiger partial charge in [0.1, 0.15) is 6.54 Å². The Hall–Kier alpha value is -1.36.